The number of aromatic nitrogens is 4. The first-order valence-corrected chi connectivity index (χ1v) is 8.81. The van der Waals surface area contributed by atoms with Crippen LogP contribution in [0.25, 0.3) is 0 Å². The fourth-order valence-corrected chi connectivity index (χ4v) is 2.82. The van der Waals surface area contributed by atoms with Gasteiger partial charge in [0.05, 0.1) is 28.8 Å². The van der Waals surface area contributed by atoms with Crippen molar-refractivity contribution in [1.82, 2.24) is 24.6 Å². The Labute approximate surface area is 161 Å². The van der Waals surface area contributed by atoms with Gasteiger partial charge in [-0.25, -0.2) is 4.98 Å². The quantitative estimate of drug-likeness (QED) is 0.619. The molecule has 3 rings (SSSR count). The number of pyridine rings is 1. The van der Waals surface area contributed by atoms with Crippen LogP contribution in [0.1, 0.15) is 17.7 Å². The molecule has 2 heterocycles. The summed E-state index contributed by atoms with van der Waals surface area (Å²) < 4.78 is 1.63. The second-order valence-corrected chi connectivity index (χ2v) is 6.54. The average Bonchev–Trinajstić information content (AvgIpc) is 3.17. The number of halogens is 2. The van der Waals surface area contributed by atoms with Crippen molar-refractivity contribution >= 4 is 29.1 Å². The molecule has 0 fully saturated rings. The monoisotopic (exact) mass is 389 g/mol. The molecule has 0 bridgehead atoms. The lowest BCUT2D eigenvalue weighted by atomic mass is 10.2. The Morgan fingerprint density at radius 2 is 2.00 bits per heavy atom. The summed E-state index contributed by atoms with van der Waals surface area (Å²) >= 11 is 12.1. The smallest absolute Gasteiger partial charge is 0.225 e. The molecule has 0 saturated heterocycles. The highest BCUT2D eigenvalue weighted by molar-refractivity contribution is 6.42. The largest absolute Gasteiger partial charge is 0.332 e. The van der Waals surface area contributed by atoms with Crippen molar-refractivity contribution < 1.29 is 4.79 Å². The van der Waals surface area contributed by atoms with Gasteiger partial charge in [-0.05, 0) is 29.8 Å². The zero-order valence-corrected chi connectivity index (χ0v) is 15.4. The van der Waals surface area contributed by atoms with E-state index < -0.39 is 0 Å². The van der Waals surface area contributed by atoms with Crippen molar-refractivity contribution in [1.29, 1.82) is 0 Å². The van der Waals surface area contributed by atoms with Gasteiger partial charge in [0.1, 0.15) is 12.7 Å². The number of aryl methyl sites for hydroxylation is 1. The Bertz CT molecular complexity index is 855. The molecule has 8 heteroatoms. The molecule has 1 aromatic carbocycles. The maximum absolute atomic E-state index is 12.8. The van der Waals surface area contributed by atoms with E-state index in [0.29, 0.717) is 36.1 Å². The summed E-state index contributed by atoms with van der Waals surface area (Å²) in [6, 6.07) is 11.0. The van der Waals surface area contributed by atoms with Crippen LogP contribution in [0.4, 0.5) is 0 Å². The number of hydrogen-bond donors (Lipinski definition) is 0. The highest BCUT2D eigenvalue weighted by Crippen LogP contribution is 2.23. The van der Waals surface area contributed by atoms with Gasteiger partial charge in [0.25, 0.3) is 0 Å². The molecular weight excluding hydrogens is 373 g/mol. The summed E-state index contributed by atoms with van der Waals surface area (Å²) in [5, 5.41) is 4.99. The maximum atomic E-state index is 12.8. The molecule has 0 radical (unpaired) electrons. The molecule has 2 aromatic heterocycles. The van der Waals surface area contributed by atoms with Crippen LogP contribution in [0.2, 0.25) is 10.0 Å². The third kappa shape index (κ3) is 5.03. The molecule has 6 nitrogen and oxygen atoms in total. The summed E-state index contributed by atoms with van der Waals surface area (Å²) in [6.07, 6.45) is 5.07. The van der Waals surface area contributed by atoms with Gasteiger partial charge in [0.2, 0.25) is 5.91 Å². The van der Waals surface area contributed by atoms with Gasteiger partial charge in [-0.1, -0.05) is 35.3 Å². The highest BCUT2D eigenvalue weighted by Gasteiger charge is 2.16. The number of hydrogen-bond acceptors (Lipinski definition) is 4. The van der Waals surface area contributed by atoms with E-state index in [1.54, 1.807) is 34.2 Å². The van der Waals surface area contributed by atoms with E-state index in [-0.39, 0.29) is 5.91 Å². The third-order valence-electron chi connectivity index (χ3n) is 3.81. The maximum Gasteiger partial charge on any atom is 0.225 e. The summed E-state index contributed by atoms with van der Waals surface area (Å²) in [5.41, 5.74) is 1.73. The van der Waals surface area contributed by atoms with Crippen molar-refractivity contribution in [3.05, 3.63) is 76.6 Å². The second-order valence-electron chi connectivity index (χ2n) is 5.73. The molecular formula is C18H17Cl2N5O. The summed E-state index contributed by atoms with van der Waals surface area (Å²) in [5.74, 6) is -0.00257. The molecule has 3 aromatic rings. The molecule has 0 saturated carbocycles. The van der Waals surface area contributed by atoms with Crippen molar-refractivity contribution in [3.63, 3.8) is 0 Å². The van der Waals surface area contributed by atoms with Crippen LogP contribution in [-0.2, 0) is 24.4 Å². The van der Waals surface area contributed by atoms with Crippen LogP contribution in [0, 0.1) is 0 Å². The molecule has 0 atom stereocenters. The van der Waals surface area contributed by atoms with E-state index in [9.17, 15) is 4.79 Å². The average molecular weight is 390 g/mol. The Kier molecular flexibility index (Phi) is 6.20. The lowest BCUT2D eigenvalue weighted by molar-refractivity contribution is -0.132. The Morgan fingerprint density at radius 3 is 2.69 bits per heavy atom. The van der Waals surface area contributed by atoms with E-state index in [0.717, 1.165) is 11.3 Å². The Hall–Kier alpha value is -2.44. The summed E-state index contributed by atoms with van der Waals surface area (Å²) in [6.45, 7) is 1.31. The van der Waals surface area contributed by atoms with E-state index in [1.165, 1.54) is 6.33 Å². The number of rotatable bonds is 7. The fraction of sp³-hybridized carbons (Fsp3) is 0.222. The van der Waals surface area contributed by atoms with Crippen molar-refractivity contribution in [2.24, 2.45) is 0 Å². The SMILES string of the molecule is O=C(CCn1cncn1)N(Cc1ccc(Cl)c(Cl)c1)Cc1ccccn1. The van der Waals surface area contributed by atoms with Gasteiger partial charge in [0.15, 0.2) is 0 Å². The van der Waals surface area contributed by atoms with E-state index in [2.05, 4.69) is 15.1 Å². The first-order valence-electron chi connectivity index (χ1n) is 8.06. The van der Waals surface area contributed by atoms with Crippen LogP contribution in [0.5, 0.6) is 0 Å². The van der Waals surface area contributed by atoms with Gasteiger partial charge >= 0.3 is 0 Å². The fourth-order valence-electron chi connectivity index (χ4n) is 2.49. The molecule has 0 aliphatic rings. The summed E-state index contributed by atoms with van der Waals surface area (Å²) in [7, 11) is 0. The normalized spacial score (nSPS) is 10.7. The van der Waals surface area contributed by atoms with E-state index in [1.807, 2.05) is 24.3 Å². The van der Waals surface area contributed by atoms with Crippen LogP contribution < -0.4 is 0 Å². The predicted molar refractivity (Wildman–Crippen MR) is 99.6 cm³/mol. The minimum absolute atomic E-state index is 0.00257. The standard InChI is InChI=1S/C18H17Cl2N5O/c19-16-5-4-14(9-17(16)20)10-24(11-15-3-1-2-7-22-15)18(26)6-8-25-13-21-12-23-25/h1-5,7,9,12-13H,6,8,10-11H2. The van der Waals surface area contributed by atoms with Crippen LogP contribution in [0.3, 0.4) is 0 Å². The van der Waals surface area contributed by atoms with Gasteiger partial charge in [0, 0.05) is 19.2 Å². The zero-order valence-electron chi connectivity index (χ0n) is 13.9. The number of carbonyl (C=O) groups excluding carboxylic acids is 1. The first kappa shape index (κ1) is 18.4. The second kappa shape index (κ2) is 8.78. The first-order chi connectivity index (χ1) is 12.6. The molecule has 0 N–H and O–H groups in total. The molecule has 0 spiro atoms. The minimum Gasteiger partial charge on any atom is -0.332 e. The van der Waals surface area contributed by atoms with Crippen LogP contribution in [0.15, 0.2) is 55.2 Å². The summed E-state index contributed by atoms with van der Waals surface area (Å²) in [4.78, 5) is 22.7. The van der Waals surface area contributed by atoms with Crippen LogP contribution in [-0.4, -0.2) is 30.6 Å². The Morgan fingerprint density at radius 1 is 1.12 bits per heavy atom. The van der Waals surface area contributed by atoms with Crippen molar-refractivity contribution in [2.75, 3.05) is 0 Å². The van der Waals surface area contributed by atoms with Crippen LogP contribution >= 0.6 is 23.2 Å². The molecule has 1 amide bonds. The van der Waals surface area contributed by atoms with Gasteiger partial charge in [-0.15, -0.1) is 0 Å². The number of benzene rings is 1. The molecule has 134 valence electrons. The molecule has 26 heavy (non-hydrogen) atoms. The number of amides is 1. The Balaban J connectivity index is 1.73. The number of carbonyl (C=O) groups is 1. The number of nitrogens with zero attached hydrogens (tertiary/aromatic N) is 5. The van der Waals surface area contributed by atoms with E-state index in [4.69, 9.17) is 23.2 Å². The predicted octanol–water partition coefficient (Wildman–Crippen LogP) is 3.60. The molecule has 0 aliphatic heterocycles. The zero-order chi connectivity index (χ0) is 18.4. The lowest BCUT2D eigenvalue weighted by Gasteiger charge is -2.23. The van der Waals surface area contributed by atoms with Crippen molar-refractivity contribution in [3.8, 4) is 0 Å². The van der Waals surface area contributed by atoms with E-state index >= 15 is 0 Å². The topological polar surface area (TPSA) is 63.9 Å². The third-order valence-corrected chi connectivity index (χ3v) is 4.55. The highest BCUT2D eigenvalue weighted by atomic mass is 35.5. The van der Waals surface area contributed by atoms with Gasteiger partial charge in [-0.2, -0.15) is 5.10 Å². The molecule has 0 aliphatic carbocycles. The van der Waals surface area contributed by atoms with Crippen molar-refractivity contribution in [2.45, 2.75) is 26.1 Å². The lowest BCUT2D eigenvalue weighted by Crippen LogP contribution is -2.31. The van der Waals surface area contributed by atoms with Gasteiger partial charge < -0.3 is 4.90 Å². The molecule has 0 unspecified atom stereocenters. The van der Waals surface area contributed by atoms with Gasteiger partial charge in [-0.3, -0.25) is 14.5 Å². The minimum atomic E-state index is -0.00257.